The quantitative estimate of drug-likeness (QED) is 0.739. The van der Waals surface area contributed by atoms with Crippen molar-refractivity contribution in [1.29, 1.82) is 0 Å². The number of Topliss-reactive ketones (excluding diaryl/α,β-unsaturated/α-hetero) is 1. The fourth-order valence-corrected chi connectivity index (χ4v) is 1.85. The molecule has 14 heavy (non-hydrogen) atoms. The molecule has 1 aliphatic rings. The van der Waals surface area contributed by atoms with E-state index in [-0.39, 0.29) is 7.34 Å². The van der Waals surface area contributed by atoms with E-state index in [2.05, 4.69) is 17.9 Å². The summed E-state index contributed by atoms with van der Waals surface area (Å²) in [6.07, 6.45) is 1.90. The molecule has 0 aromatic heterocycles. The molecule has 1 aliphatic carbocycles. The second-order valence-electron chi connectivity index (χ2n) is 3.48. The molecule has 2 N–H and O–H groups in total. The third kappa shape index (κ3) is 2.20. The van der Waals surface area contributed by atoms with Gasteiger partial charge in [0, 0.05) is 7.34 Å². The van der Waals surface area contributed by atoms with Crippen molar-refractivity contribution in [3.05, 3.63) is 35.4 Å². The van der Waals surface area contributed by atoms with E-state index in [4.69, 9.17) is 0 Å². The van der Waals surface area contributed by atoms with Crippen molar-refractivity contribution in [2.45, 2.75) is 19.8 Å². The highest BCUT2D eigenvalue weighted by Crippen LogP contribution is 2.26. The lowest BCUT2D eigenvalue weighted by Crippen LogP contribution is -2.09. The molecule has 1 aromatic carbocycles. The minimum absolute atomic E-state index is 0. The summed E-state index contributed by atoms with van der Waals surface area (Å²) in [5, 5.41) is 0. The first-order chi connectivity index (χ1) is 6.77. The molecule has 0 bridgehead atoms. The Morgan fingerprint density at radius 2 is 1.71 bits per heavy atom. The van der Waals surface area contributed by atoms with Gasteiger partial charge in [0.25, 0.3) is 0 Å². The van der Waals surface area contributed by atoms with Gasteiger partial charge in [0.2, 0.25) is 0 Å². The number of fused-ring (bicyclic) bond motifs is 1. The Kier molecular flexibility index (Phi) is 3.84. The molecule has 2 heteroatoms. The summed E-state index contributed by atoms with van der Waals surface area (Å²) in [7, 11) is 1.50. The van der Waals surface area contributed by atoms with Gasteiger partial charge >= 0.3 is 0 Å². The van der Waals surface area contributed by atoms with Crippen molar-refractivity contribution in [2.75, 3.05) is 7.05 Å². The fourth-order valence-electron chi connectivity index (χ4n) is 1.85. The SMILES string of the molecule is CC(=O)C1Cc2ccccc2C1.CN.[HH]. The lowest BCUT2D eigenvalue weighted by Gasteiger charge is -2.00. The second-order valence-corrected chi connectivity index (χ2v) is 3.48. The van der Waals surface area contributed by atoms with Gasteiger partial charge in [0.05, 0.1) is 0 Å². The zero-order valence-electron chi connectivity index (χ0n) is 8.79. The highest BCUT2D eigenvalue weighted by atomic mass is 16.1. The number of ketones is 1. The van der Waals surface area contributed by atoms with Crippen molar-refractivity contribution >= 4 is 5.78 Å². The number of nitrogens with two attached hydrogens (primary N) is 1. The van der Waals surface area contributed by atoms with Crippen molar-refractivity contribution in [1.82, 2.24) is 0 Å². The van der Waals surface area contributed by atoms with Gasteiger partial charge in [-0.1, -0.05) is 24.3 Å². The van der Waals surface area contributed by atoms with E-state index in [1.165, 1.54) is 18.2 Å². The van der Waals surface area contributed by atoms with Gasteiger partial charge in [0.15, 0.2) is 0 Å². The summed E-state index contributed by atoms with van der Waals surface area (Å²) in [4.78, 5) is 11.1. The van der Waals surface area contributed by atoms with Gasteiger partial charge in [-0.3, -0.25) is 4.79 Å². The van der Waals surface area contributed by atoms with Crippen LogP contribution in [-0.2, 0) is 17.6 Å². The Labute approximate surface area is 86.6 Å². The van der Waals surface area contributed by atoms with Crippen molar-refractivity contribution < 1.29 is 6.22 Å². The number of carbonyl (C=O) groups excluding carboxylic acids is 1. The molecule has 0 spiro atoms. The summed E-state index contributed by atoms with van der Waals surface area (Å²) >= 11 is 0. The van der Waals surface area contributed by atoms with Gasteiger partial charge in [-0.25, -0.2) is 0 Å². The maximum atomic E-state index is 11.1. The van der Waals surface area contributed by atoms with Gasteiger partial charge in [0.1, 0.15) is 5.78 Å². The lowest BCUT2D eigenvalue weighted by molar-refractivity contribution is -0.120. The molecule has 0 atom stereocenters. The highest BCUT2D eigenvalue weighted by Gasteiger charge is 2.23. The summed E-state index contributed by atoms with van der Waals surface area (Å²) in [6.45, 7) is 1.69. The van der Waals surface area contributed by atoms with E-state index >= 15 is 0 Å². The predicted molar refractivity (Wildman–Crippen MR) is 60.2 cm³/mol. The largest absolute Gasteiger partial charge is 0.333 e. The van der Waals surface area contributed by atoms with Crippen LogP contribution in [0.5, 0.6) is 0 Å². The van der Waals surface area contributed by atoms with Crippen LogP contribution in [0.3, 0.4) is 0 Å². The van der Waals surface area contributed by atoms with Crippen LogP contribution in [0.1, 0.15) is 19.5 Å². The van der Waals surface area contributed by atoms with E-state index < -0.39 is 0 Å². The molecular formula is C12H19NO. The molecule has 0 heterocycles. The summed E-state index contributed by atoms with van der Waals surface area (Å²) < 4.78 is 0. The third-order valence-corrected chi connectivity index (χ3v) is 2.63. The predicted octanol–water partition coefficient (Wildman–Crippen LogP) is 1.81. The van der Waals surface area contributed by atoms with Crippen LogP contribution in [0.4, 0.5) is 0 Å². The average molecular weight is 193 g/mol. The number of benzene rings is 1. The van der Waals surface area contributed by atoms with Crippen LogP contribution in [0, 0.1) is 5.92 Å². The Balaban J connectivity index is 0.000000617. The standard InChI is InChI=1S/C11H12O.CH5N.H2/c1-8(12)11-6-9-4-2-3-5-10(9)7-11;1-2;/h2-5,11H,6-7H2,1H3;2H2,1H3;1H. The van der Waals surface area contributed by atoms with Crippen LogP contribution in [0.2, 0.25) is 0 Å². The van der Waals surface area contributed by atoms with Crippen LogP contribution in [-0.4, -0.2) is 12.8 Å². The van der Waals surface area contributed by atoms with E-state index in [0.29, 0.717) is 5.78 Å². The van der Waals surface area contributed by atoms with E-state index in [0.717, 1.165) is 12.8 Å². The highest BCUT2D eigenvalue weighted by molar-refractivity contribution is 5.79. The monoisotopic (exact) mass is 193 g/mol. The number of hydrogen-bond donors (Lipinski definition) is 1. The summed E-state index contributed by atoms with van der Waals surface area (Å²) in [5.74, 6) is 0.577. The van der Waals surface area contributed by atoms with Gasteiger partial charge in [-0.05, 0) is 37.9 Å². The van der Waals surface area contributed by atoms with Gasteiger partial charge in [-0.15, -0.1) is 0 Å². The molecule has 2 rings (SSSR count). The van der Waals surface area contributed by atoms with Crippen LogP contribution < -0.4 is 5.73 Å². The Hall–Kier alpha value is -1.15. The van der Waals surface area contributed by atoms with Crippen LogP contribution in [0.25, 0.3) is 0 Å². The lowest BCUT2D eigenvalue weighted by atomic mass is 10.0. The molecule has 0 radical (unpaired) electrons. The normalized spacial score (nSPS) is 14.2. The van der Waals surface area contributed by atoms with Crippen LogP contribution >= 0.6 is 0 Å². The number of rotatable bonds is 1. The average Bonchev–Trinajstić information content (AvgIpc) is 2.64. The molecule has 0 saturated carbocycles. The van der Waals surface area contributed by atoms with Crippen molar-refractivity contribution in [3.8, 4) is 0 Å². The molecule has 0 amide bonds. The molecule has 0 fully saturated rings. The Bertz CT molecular complexity index is 300. The van der Waals surface area contributed by atoms with Crippen LogP contribution in [0.15, 0.2) is 24.3 Å². The minimum Gasteiger partial charge on any atom is -0.333 e. The number of hydrogen-bond acceptors (Lipinski definition) is 2. The maximum Gasteiger partial charge on any atom is 0.133 e. The molecule has 0 unspecified atom stereocenters. The van der Waals surface area contributed by atoms with E-state index in [1.807, 2.05) is 12.1 Å². The third-order valence-electron chi connectivity index (χ3n) is 2.63. The fraction of sp³-hybridized carbons (Fsp3) is 0.417. The molecule has 0 saturated heterocycles. The molecule has 2 nitrogen and oxygen atoms in total. The first-order valence-corrected chi connectivity index (χ1v) is 4.92. The van der Waals surface area contributed by atoms with Crippen molar-refractivity contribution in [3.63, 3.8) is 0 Å². The molecule has 1 aromatic rings. The zero-order chi connectivity index (χ0) is 10.6. The Morgan fingerprint density at radius 1 is 1.29 bits per heavy atom. The molecular weight excluding hydrogens is 174 g/mol. The molecule has 0 aliphatic heterocycles. The number of carbonyl (C=O) groups is 1. The van der Waals surface area contributed by atoms with E-state index in [1.54, 1.807) is 6.92 Å². The van der Waals surface area contributed by atoms with E-state index in [9.17, 15) is 4.79 Å². The minimum atomic E-state index is 0. The first kappa shape index (κ1) is 10.9. The summed E-state index contributed by atoms with van der Waals surface area (Å²) in [6, 6.07) is 8.33. The van der Waals surface area contributed by atoms with Crippen molar-refractivity contribution in [2.24, 2.45) is 11.7 Å². The first-order valence-electron chi connectivity index (χ1n) is 4.92. The van der Waals surface area contributed by atoms with Gasteiger partial charge < -0.3 is 5.73 Å². The van der Waals surface area contributed by atoms with Gasteiger partial charge in [-0.2, -0.15) is 0 Å². The maximum absolute atomic E-state index is 11.1. The zero-order valence-corrected chi connectivity index (χ0v) is 8.79. The second kappa shape index (κ2) is 4.91. The topological polar surface area (TPSA) is 43.1 Å². The molecule has 78 valence electrons. The smallest absolute Gasteiger partial charge is 0.133 e. The summed E-state index contributed by atoms with van der Waals surface area (Å²) in [5.41, 5.74) is 7.22. The Morgan fingerprint density at radius 3 is 2.07 bits per heavy atom.